The van der Waals surface area contributed by atoms with Crippen molar-refractivity contribution in [2.75, 3.05) is 20.1 Å². The molecule has 4 aromatic rings. The third-order valence-corrected chi connectivity index (χ3v) is 9.69. The van der Waals surface area contributed by atoms with E-state index in [2.05, 4.69) is 45.7 Å². The molecule has 3 aliphatic rings. The SMILES string of the molecule is CNC1CCc2cc(-c3cnc4c(=O)n(CC5(O)CCN(C(=O)CC(c6ccccc6)C6CC6)CC5)cnn34)ccc21. The van der Waals surface area contributed by atoms with Gasteiger partial charge in [0.2, 0.25) is 11.6 Å². The fraction of sp³-hybridized carbons (Fsp3) is 0.455. The van der Waals surface area contributed by atoms with Gasteiger partial charge < -0.3 is 15.3 Å². The number of carbonyl (C=O) groups excluding carboxylic acids is 1. The first-order valence-corrected chi connectivity index (χ1v) is 15.2. The van der Waals surface area contributed by atoms with Gasteiger partial charge in [0.25, 0.3) is 5.56 Å². The Labute approximate surface area is 245 Å². The topological polar surface area (TPSA) is 105 Å². The van der Waals surface area contributed by atoms with Crippen LogP contribution in [0.25, 0.3) is 16.9 Å². The molecule has 2 unspecified atom stereocenters. The minimum absolute atomic E-state index is 0.124. The Morgan fingerprint density at radius 3 is 2.64 bits per heavy atom. The van der Waals surface area contributed by atoms with Crippen LogP contribution in [0.4, 0.5) is 0 Å². The summed E-state index contributed by atoms with van der Waals surface area (Å²) in [7, 11) is 1.99. The summed E-state index contributed by atoms with van der Waals surface area (Å²) in [5.74, 6) is 0.998. The van der Waals surface area contributed by atoms with E-state index in [0.29, 0.717) is 44.3 Å². The summed E-state index contributed by atoms with van der Waals surface area (Å²) in [5.41, 5.74) is 4.50. The summed E-state index contributed by atoms with van der Waals surface area (Å²) in [6.07, 6.45) is 9.00. The molecule has 2 fully saturated rings. The quantitative estimate of drug-likeness (QED) is 0.337. The fourth-order valence-electron chi connectivity index (χ4n) is 7.01. The lowest BCUT2D eigenvalue weighted by Gasteiger charge is -2.38. The van der Waals surface area contributed by atoms with Crippen molar-refractivity contribution in [3.63, 3.8) is 0 Å². The average Bonchev–Trinajstić information content (AvgIpc) is 3.62. The molecule has 2 aromatic heterocycles. The largest absolute Gasteiger partial charge is 0.388 e. The zero-order valence-electron chi connectivity index (χ0n) is 24.1. The van der Waals surface area contributed by atoms with Gasteiger partial charge in [-0.25, -0.2) is 9.50 Å². The number of amides is 1. The highest BCUT2D eigenvalue weighted by Crippen LogP contribution is 2.45. The van der Waals surface area contributed by atoms with Gasteiger partial charge in [0.05, 0.1) is 24.0 Å². The Hall–Kier alpha value is -3.82. The number of rotatable bonds is 8. The van der Waals surface area contributed by atoms with E-state index in [1.54, 1.807) is 10.7 Å². The maximum absolute atomic E-state index is 13.4. The first kappa shape index (κ1) is 27.0. The molecule has 1 amide bonds. The summed E-state index contributed by atoms with van der Waals surface area (Å²) in [4.78, 5) is 33.0. The van der Waals surface area contributed by atoms with E-state index in [1.807, 2.05) is 30.1 Å². The molecule has 0 spiro atoms. The zero-order valence-corrected chi connectivity index (χ0v) is 24.1. The molecule has 0 bridgehead atoms. The second-order valence-electron chi connectivity index (χ2n) is 12.4. The van der Waals surface area contributed by atoms with Gasteiger partial charge in [-0.15, -0.1) is 0 Å². The van der Waals surface area contributed by atoms with Crippen LogP contribution in [0.2, 0.25) is 0 Å². The Kier molecular flexibility index (Phi) is 6.94. The second kappa shape index (κ2) is 10.8. The molecule has 1 aliphatic heterocycles. The highest BCUT2D eigenvalue weighted by atomic mass is 16.3. The Bertz CT molecular complexity index is 1670. The van der Waals surface area contributed by atoms with Crippen LogP contribution >= 0.6 is 0 Å². The molecule has 9 heteroatoms. The Morgan fingerprint density at radius 1 is 1.12 bits per heavy atom. The lowest BCUT2D eigenvalue weighted by Crippen LogP contribution is -2.50. The summed E-state index contributed by atoms with van der Waals surface area (Å²) in [6, 6.07) is 17.1. The molecule has 1 saturated heterocycles. The van der Waals surface area contributed by atoms with Gasteiger partial charge in [-0.3, -0.25) is 14.2 Å². The van der Waals surface area contributed by atoms with Crippen LogP contribution in [0.3, 0.4) is 0 Å². The maximum Gasteiger partial charge on any atom is 0.296 e. The second-order valence-corrected chi connectivity index (χ2v) is 12.4. The van der Waals surface area contributed by atoms with Crippen molar-refractivity contribution in [3.8, 4) is 11.3 Å². The number of nitrogens with zero attached hydrogens (tertiary/aromatic N) is 5. The molecule has 9 nitrogen and oxygen atoms in total. The van der Waals surface area contributed by atoms with Crippen LogP contribution in [-0.4, -0.2) is 60.8 Å². The number of likely N-dealkylation sites (tertiary alicyclic amines) is 1. The highest BCUT2D eigenvalue weighted by Gasteiger charge is 2.38. The van der Waals surface area contributed by atoms with E-state index in [9.17, 15) is 14.7 Å². The Balaban J connectivity index is 1.03. The van der Waals surface area contributed by atoms with E-state index in [1.165, 1.54) is 40.4 Å². The van der Waals surface area contributed by atoms with Crippen LogP contribution in [-0.2, 0) is 17.8 Å². The third-order valence-electron chi connectivity index (χ3n) is 9.69. The van der Waals surface area contributed by atoms with Gasteiger partial charge in [-0.1, -0.05) is 42.5 Å². The first-order valence-electron chi connectivity index (χ1n) is 15.2. The number of piperidine rings is 1. The number of aromatic nitrogens is 4. The van der Waals surface area contributed by atoms with Crippen molar-refractivity contribution < 1.29 is 9.90 Å². The number of benzene rings is 2. The number of imidazole rings is 1. The van der Waals surface area contributed by atoms with Crippen molar-refractivity contribution in [2.45, 2.75) is 69.1 Å². The number of aryl methyl sites for hydroxylation is 1. The van der Waals surface area contributed by atoms with Crippen LogP contribution in [0, 0.1) is 5.92 Å². The molecular formula is C33H38N6O3. The van der Waals surface area contributed by atoms with Crippen molar-refractivity contribution in [3.05, 3.63) is 88.1 Å². The Morgan fingerprint density at radius 2 is 1.90 bits per heavy atom. The number of hydrogen-bond donors (Lipinski definition) is 2. The molecular weight excluding hydrogens is 528 g/mol. The van der Waals surface area contributed by atoms with Gasteiger partial charge in [0, 0.05) is 31.1 Å². The molecule has 3 heterocycles. The number of aliphatic hydroxyl groups is 1. The molecule has 2 atom stereocenters. The highest BCUT2D eigenvalue weighted by molar-refractivity contribution is 5.77. The maximum atomic E-state index is 13.4. The molecule has 0 radical (unpaired) electrons. The van der Waals surface area contributed by atoms with Crippen LogP contribution < -0.4 is 10.9 Å². The van der Waals surface area contributed by atoms with E-state index in [4.69, 9.17) is 0 Å². The summed E-state index contributed by atoms with van der Waals surface area (Å²) in [6.45, 7) is 1.08. The van der Waals surface area contributed by atoms with Crippen LogP contribution in [0.15, 0.2) is 65.8 Å². The summed E-state index contributed by atoms with van der Waals surface area (Å²) in [5, 5.41) is 19.4. The minimum Gasteiger partial charge on any atom is -0.388 e. The third kappa shape index (κ3) is 5.05. The van der Waals surface area contributed by atoms with Gasteiger partial charge in [0.15, 0.2) is 0 Å². The van der Waals surface area contributed by atoms with Crippen molar-refractivity contribution >= 4 is 11.6 Å². The molecule has 218 valence electrons. The molecule has 7 rings (SSSR count). The number of carbonyl (C=O) groups is 1. The van der Waals surface area contributed by atoms with E-state index >= 15 is 0 Å². The number of nitrogens with one attached hydrogen (secondary N) is 1. The predicted octanol–water partition coefficient (Wildman–Crippen LogP) is 3.70. The van der Waals surface area contributed by atoms with E-state index < -0.39 is 5.60 Å². The molecule has 2 aromatic carbocycles. The van der Waals surface area contributed by atoms with Gasteiger partial charge in [-0.05, 0) is 80.2 Å². The predicted molar refractivity (Wildman–Crippen MR) is 160 cm³/mol. The average molecular weight is 567 g/mol. The van der Waals surface area contributed by atoms with Crippen molar-refractivity contribution in [1.29, 1.82) is 0 Å². The fourth-order valence-corrected chi connectivity index (χ4v) is 7.01. The normalized spacial score (nSPS) is 20.5. The molecule has 1 saturated carbocycles. The molecule has 42 heavy (non-hydrogen) atoms. The van der Waals surface area contributed by atoms with Crippen molar-refractivity contribution in [2.24, 2.45) is 5.92 Å². The molecule has 2 N–H and O–H groups in total. The number of fused-ring (bicyclic) bond motifs is 2. The van der Waals surface area contributed by atoms with Crippen molar-refractivity contribution in [1.82, 2.24) is 29.4 Å². The van der Waals surface area contributed by atoms with Gasteiger partial charge in [0.1, 0.15) is 6.33 Å². The van der Waals surface area contributed by atoms with Gasteiger partial charge >= 0.3 is 0 Å². The lowest BCUT2D eigenvalue weighted by molar-refractivity contribution is -0.136. The van der Waals surface area contributed by atoms with E-state index in [-0.39, 0.29) is 29.6 Å². The number of hydrogen-bond acceptors (Lipinski definition) is 6. The van der Waals surface area contributed by atoms with E-state index in [0.717, 1.165) is 24.1 Å². The lowest BCUT2D eigenvalue weighted by atomic mass is 9.88. The van der Waals surface area contributed by atoms with Gasteiger partial charge in [-0.2, -0.15) is 5.10 Å². The first-order chi connectivity index (χ1) is 20.4. The summed E-state index contributed by atoms with van der Waals surface area (Å²) < 4.78 is 3.06. The molecule has 2 aliphatic carbocycles. The standard InChI is InChI=1S/C33H38N6O3/c1-34-28-12-10-24-17-25(9-11-26(24)28)29-19-35-31-32(41)38(21-36-39(29)31)20-33(42)13-15-37(16-14-33)30(40)18-27(23-7-8-23)22-5-3-2-4-6-22/h2-6,9,11,17,19,21,23,27-28,34,42H,7-8,10,12-16,18,20H2,1H3. The zero-order chi connectivity index (χ0) is 28.8. The van der Waals surface area contributed by atoms with Crippen LogP contribution in [0.1, 0.15) is 67.2 Å². The summed E-state index contributed by atoms with van der Waals surface area (Å²) >= 11 is 0. The monoisotopic (exact) mass is 566 g/mol. The minimum atomic E-state index is -1.09. The smallest absolute Gasteiger partial charge is 0.296 e. The van der Waals surface area contributed by atoms with Crippen LogP contribution in [0.5, 0.6) is 0 Å².